The zero-order chi connectivity index (χ0) is 16.0. The number of hydrogen-bond acceptors (Lipinski definition) is 4. The molecule has 1 heterocycles. The van der Waals surface area contributed by atoms with Crippen LogP contribution in [0.1, 0.15) is 36.3 Å². The van der Waals surface area contributed by atoms with Crippen LogP contribution in [0.15, 0.2) is 12.1 Å². The molecular weight excluding hydrogens is 270 g/mol. The molecular formula is C15H23N3O3. The number of carboxylic acid groups (broad SMARTS) is 1. The second kappa shape index (κ2) is 7.61. The van der Waals surface area contributed by atoms with Gasteiger partial charge in [0.05, 0.1) is 11.5 Å². The van der Waals surface area contributed by atoms with Crippen LogP contribution in [0.4, 0.5) is 5.82 Å². The quantitative estimate of drug-likeness (QED) is 0.797. The van der Waals surface area contributed by atoms with Crippen LogP contribution in [-0.4, -0.2) is 42.6 Å². The minimum Gasteiger partial charge on any atom is -0.478 e. The molecule has 0 aliphatic carbocycles. The van der Waals surface area contributed by atoms with Crippen molar-refractivity contribution in [3.63, 3.8) is 0 Å². The van der Waals surface area contributed by atoms with E-state index in [1.165, 1.54) is 6.07 Å². The van der Waals surface area contributed by atoms with E-state index in [-0.39, 0.29) is 17.4 Å². The van der Waals surface area contributed by atoms with E-state index < -0.39 is 5.97 Å². The molecule has 6 nitrogen and oxygen atoms in total. The predicted octanol–water partition coefficient (Wildman–Crippen LogP) is 1.55. The average molecular weight is 293 g/mol. The van der Waals surface area contributed by atoms with Crippen molar-refractivity contribution in [2.75, 3.05) is 25.5 Å². The van der Waals surface area contributed by atoms with Gasteiger partial charge in [-0.2, -0.15) is 0 Å². The maximum Gasteiger partial charge on any atom is 0.335 e. The van der Waals surface area contributed by atoms with Crippen molar-refractivity contribution in [2.45, 2.75) is 26.7 Å². The van der Waals surface area contributed by atoms with Crippen LogP contribution in [0, 0.1) is 5.92 Å². The zero-order valence-electron chi connectivity index (χ0n) is 13.0. The fourth-order valence-corrected chi connectivity index (χ4v) is 2.11. The Labute approximate surface area is 125 Å². The van der Waals surface area contributed by atoms with Crippen LogP contribution < -0.4 is 10.2 Å². The number of anilines is 1. The lowest BCUT2D eigenvalue weighted by atomic mass is 10.1. The highest BCUT2D eigenvalue weighted by atomic mass is 16.4. The van der Waals surface area contributed by atoms with Gasteiger partial charge in [-0.1, -0.05) is 20.3 Å². The van der Waals surface area contributed by atoms with E-state index in [4.69, 9.17) is 0 Å². The Morgan fingerprint density at radius 3 is 2.62 bits per heavy atom. The van der Waals surface area contributed by atoms with Crippen LogP contribution in [0.5, 0.6) is 0 Å². The topological polar surface area (TPSA) is 82.5 Å². The molecule has 0 fully saturated rings. The van der Waals surface area contributed by atoms with Gasteiger partial charge in [0.1, 0.15) is 5.82 Å². The van der Waals surface area contributed by atoms with E-state index in [0.717, 1.165) is 18.5 Å². The number of nitrogens with zero attached hydrogens (tertiary/aromatic N) is 2. The van der Waals surface area contributed by atoms with E-state index in [9.17, 15) is 14.7 Å². The van der Waals surface area contributed by atoms with Crippen molar-refractivity contribution in [3.8, 4) is 0 Å². The van der Waals surface area contributed by atoms with Crippen LogP contribution in [0.3, 0.4) is 0 Å². The molecule has 0 radical (unpaired) electrons. The number of rotatable bonds is 7. The molecule has 0 spiro atoms. The van der Waals surface area contributed by atoms with Crippen molar-refractivity contribution in [2.24, 2.45) is 5.92 Å². The van der Waals surface area contributed by atoms with E-state index in [0.29, 0.717) is 12.4 Å². The van der Waals surface area contributed by atoms with Gasteiger partial charge in [0.25, 0.3) is 0 Å². The molecule has 6 heteroatoms. The van der Waals surface area contributed by atoms with Crippen molar-refractivity contribution in [3.05, 3.63) is 23.4 Å². The van der Waals surface area contributed by atoms with Crippen molar-refractivity contribution in [1.82, 2.24) is 10.3 Å². The molecule has 0 saturated heterocycles. The number of aromatic nitrogens is 1. The molecule has 1 unspecified atom stereocenters. The maximum atomic E-state index is 11.6. The van der Waals surface area contributed by atoms with Crippen LogP contribution in [0.25, 0.3) is 0 Å². The van der Waals surface area contributed by atoms with Gasteiger partial charge < -0.3 is 15.3 Å². The normalized spacial score (nSPS) is 11.8. The van der Waals surface area contributed by atoms with Gasteiger partial charge in [0, 0.05) is 26.3 Å². The Morgan fingerprint density at radius 1 is 1.43 bits per heavy atom. The summed E-state index contributed by atoms with van der Waals surface area (Å²) in [6.07, 6.45) is 1.63. The molecule has 1 amide bonds. The minimum absolute atomic E-state index is 0.0509. The average Bonchev–Trinajstić information content (AvgIpc) is 2.46. The molecule has 0 aromatic carbocycles. The van der Waals surface area contributed by atoms with E-state index >= 15 is 0 Å². The van der Waals surface area contributed by atoms with Gasteiger partial charge in [-0.15, -0.1) is 0 Å². The standard InChI is InChI=1S/C15H23N3O3/c1-5-6-12-7-11(15(20)21)8-13(17-12)18(4)9-10(2)14(19)16-3/h7-8,10H,5-6,9H2,1-4H3,(H,16,19)(H,20,21). The first-order valence-corrected chi connectivity index (χ1v) is 7.06. The van der Waals surface area contributed by atoms with Crippen molar-refractivity contribution in [1.29, 1.82) is 0 Å². The number of aromatic carboxylic acids is 1. The number of aryl methyl sites for hydroxylation is 1. The van der Waals surface area contributed by atoms with Crippen molar-refractivity contribution < 1.29 is 14.7 Å². The van der Waals surface area contributed by atoms with Gasteiger partial charge in [0.2, 0.25) is 5.91 Å². The highest BCUT2D eigenvalue weighted by Crippen LogP contribution is 2.16. The minimum atomic E-state index is -0.969. The molecule has 1 aromatic heterocycles. The second-order valence-electron chi connectivity index (χ2n) is 5.16. The number of hydrogen-bond donors (Lipinski definition) is 2. The molecule has 0 aliphatic rings. The number of carbonyl (C=O) groups excluding carboxylic acids is 1. The van der Waals surface area contributed by atoms with Gasteiger partial charge in [-0.3, -0.25) is 4.79 Å². The highest BCUT2D eigenvalue weighted by Gasteiger charge is 2.16. The lowest BCUT2D eigenvalue weighted by molar-refractivity contribution is -0.123. The lowest BCUT2D eigenvalue weighted by Crippen LogP contribution is -2.34. The Bertz CT molecular complexity index is 517. The summed E-state index contributed by atoms with van der Waals surface area (Å²) in [5.41, 5.74) is 0.981. The molecule has 0 saturated carbocycles. The summed E-state index contributed by atoms with van der Waals surface area (Å²) in [7, 11) is 3.41. The van der Waals surface area contributed by atoms with E-state index in [2.05, 4.69) is 10.3 Å². The van der Waals surface area contributed by atoms with Crippen LogP contribution in [0.2, 0.25) is 0 Å². The van der Waals surface area contributed by atoms with Gasteiger partial charge in [-0.25, -0.2) is 9.78 Å². The third-order valence-electron chi connectivity index (χ3n) is 3.25. The molecule has 0 bridgehead atoms. The lowest BCUT2D eigenvalue weighted by Gasteiger charge is -2.22. The SMILES string of the molecule is CCCc1cc(C(=O)O)cc(N(C)CC(C)C(=O)NC)n1. The first-order chi connectivity index (χ1) is 9.88. The first kappa shape index (κ1) is 16.9. The Balaban J connectivity index is 2.99. The third kappa shape index (κ3) is 4.73. The fraction of sp³-hybridized carbons (Fsp3) is 0.533. The summed E-state index contributed by atoms with van der Waals surface area (Å²) >= 11 is 0. The third-order valence-corrected chi connectivity index (χ3v) is 3.25. The molecule has 116 valence electrons. The number of nitrogens with one attached hydrogen (secondary N) is 1. The Morgan fingerprint density at radius 2 is 2.10 bits per heavy atom. The number of carbonyl (C=O) groups is 2. The number of carboxylic acids is 1. The summed E-state index contributed by atoms with van der Waals surface area (Å²) in [6, 6.07) is 3.14. The fourth-order valence-electron chi connectivity index (χ4n) is 2.11. The molecule has 1 rings (SSSR count). The van der Waals surface area contributed by atoms with Gasteiger partial charge in [0.15, 0.2) is 0 Å². The molecule has 21 heavy (non-hydrogen) atoms. The Kier molecular flexibility index (Phi) is 6.14. The highest BCUT2D eigenvalue weighted by molar-refractivity contribution is 5.88. The van der Waals surface area contributed by atoms with Crippen LogP contribution in [-0.2, 0) is 11.2 Å². The van der Waals surface area contributed by atoms with E-state index in [1.807, 2.05) is 25.8 Å². The van der Waals surface area contributed by atoms with Gasteiger partial charge >= 0.3 is 5.97 Å². The summed E-state index contributed by atoms with van der Waals surface area (Å²) in [6.45, 7) is 4.32. The maximum absolute atomic E-state index is 11.6. The molecule has 2 N–H and O–H groups in total. The van der Waals surface area contributed by atoms with E-state index in [1.54, 1.807) is 13.1 Å². The monoisotopic (exact) mass is 293 g/mol. The predicted molar refractivity (Wildman–Crippen MR) is 81.7 cm³/mol. The summed E-state index contributed by atoms with van der Waals surface area (Å²) < 4.78 is 0. The second-order valence-corrected chi connectivity index (χ2v) is 5.16. The molecule has 0 aliphatic heterocycles. The molecule has 1 aromatic rings. The first-order valence-electron chi connectivity index (χ1n) is 7.06. The smallest absolute Gasteiger partial charge is 0.335 e. The summed E-state index contributed by atoms with van der Waals surface area (Å²) in [4.78, 5) is 29.1. The largest absolute Gasteiger partial charge is 0.478 e. The van der Waals surface area contributed by atoms with Gasteiger partial charge in [-0.05, 0) is 18.6 Å². The van der Waals surface area contributed by atoms with Crippen molar-refractivity contribution >= 4 is 17.7 Å². The summed E-state index contributed by atoms with van der Waals surface area (Å²) in [5, 5.41) is 11.8. The Hall–Kier alpha value is -2.11. The number of pyridine rings is 1. The summed E-state index contributed by atoms with van der Waals surface area (Å²) in [5.74, 6) is -0.646. The zero-order valence-corrected chi connectivity index (χ0v) is 13.0. The molecule has 1 atom stereocenters. The van der Waals surface area contributed by atoms with Crippen LogP contribution >= 0.6 is 0 Å². The number of amides is 1.